The molecule has 0 aliphatic rings. The van der Waals surface area contributed by atoms with Gasteiger partial charge in [-0.1, -0.05) is 13.8 Å². The Morgan fingerprint density at radius 3 is 2.82 bits per heavy atom. The Morgan fingerprint density at radius 1 is 1.53 bits per heavy atom. The van der Waals surface area contributed by atoms with E-state index in [1.54, 1.807) is 0 Å². The van der Waals surface area contributed by atoms with E-state index in [2.05, 4.69) is 30.6 Å². The smallest absolute Gasteiger partial charge is 0.306 e. The quantitative estimate of drug-likeness (QED) is 0.474. The number of hydrogen-bond acceptors (Lipinski definition) is 5. The van der Waals surface area contributed by atoms with Crippen LogP contribution in [0.15, 0.2) is 15.7 Å². The van der Waals surface area contributed by atoms with Crippen LogP contribution in [0.25, 0.3) is 0 Å². The molecule has 1 heterocycles. The lowest BCUT2D eigenvalue weighted by Gasteiger charge is -2.07. The number of hydrogen-bond donors (Lipinski definition) is 0. The molecule has 0 aliphatic heterocycles. The lowest BCUT2D eigenvalue weighted by molar-refractivity contribution is -0.140. The van der Waals surface area contributed by atoms with E-state index >= 15 is 0 Å². The lowest BCUT2D eigenvalue weighted by Crippen LogP contribution is -2.02. The number of halogens is 1. The summed E-state index contributed by atoms with van der Waals surface area (Å²) in [6.07, 6.45) is 0.389. The average Bonchev–Trinajstić information content (AvgIpc) is 2.28. The van der Waals surface area contributed by atoms with Crippen LogP contribution in [0.4, 0.5) is 0 Å². The molecule has 0 fully saturated rings. The summed E-state index contributed by atoms with van der Waals surface area (Å²) in [6, 6.07) is 1.85. The molecule has 0 bridgehead atoms. The summed E-state index contributed by atoms with van der Waals surface area (Å²) in [6.45, 7) is 4.09. The molecule has 0 saturated heterocycles. The van der Waals surface area contributed by atoms with Crippen molar-refractivity contribution in [2.45, 2.75) is 31.2 Å². The van der Waals surface area contributed by atoms with Crippen molar-refractivity contribution in [2.24, 2.45) is 0 Å². The number of methoxy groups -OCH3 is 1. The van der Waals surface area contributed by atoms with Gasteiger partial charge >= 0.3 is 5.97 Å². The third-order valence-electron chi connectivity index (χ3n) is 1.99. The Hall–Kier alpha value is -0.620. The normalized spacial score (nSPS) is 10.6. The van der Waals surface area contributed by atoms with E-state index in [4.69, 9.17) is 0 Å². The van der Waals surface area contributed by atoms with Crippen LogP contribution in [-0.4, -0.2) is 28.8 Å². The number of esters is 1. The van der Waals surface area contributed by atoms with Gasteiger partial charge < -0.3 is 4.74 Å². The highest BCUT2D eigenvalue weighted by Crippen LogP contribution is 2.22. The molecule has 17 heavy (non-hydrogen) atoms. The predicted octanol–water partition coefficient (Wildman–Crippen LogP) is 3.02. The van der Waals surface area contributed by atoms with Crippen LogP contribution in [0.3, 0.4) is 0 Å². The minimum Gasteiger partial charge on any atom is -0.469 e. The van der Waals surface area contributed by atoms with Crippen LogP contribution in [-0.2, 0) is 9.53 Å². The van der Waals surface area contributed by atoms with E-state index in [0.29, 0.717) is 12.2 Å². The number of aromatic nitrogens is 2. The van der Waals surface area contributed by atoms with Gasteiger partial charge in [0.1, 0.15) is 15.5 Å². The minimum atomic E-state index is -0.199. The zero-order valence-electron chi connectivity index (χ0n) is 10.1. The molecule has 94 valence electrons. The first-order valence-electron chi connectivity index (χ1n) is 5.27. The molecule has 0 unspecified atom stereocenters. The summed E-state index contributed by atoms with van der Waals surface area (Å²) in [5, 5.41) is 0.875. The Bertz CT molecular complexity index is 399. The van der Waals surface area contributed by atoms with E-state index in [-0.39, 0.29) is 11.9 Å². The first-order valence-corrected chi connectivity index (χ1v) is 7.05. The summed E-state index contributed by atoms with van der Waals surface area (Å²) < 4.78 is 5.35. The summed E-state index contributed by atoms with van der Waals surface area (Å²) in [4.78, 5) is 19.7. The van der Waals surface area contributed by atoms with Crippen LogP contribution >= 0.6 is 27.7 Å². The fourth-order valence-corrected chi connectivity index (χ4v) is 2.47. The molecular weight excluding hydrogens is 304 g/mol. The number of ether oxygens (including phenoxy) is 1. The van der Waals surface area contributed by atoms with Crippen molar-refractivity contribution in [1.82, 2.24) is 9.97 Å². The first-order chi connectivity index (χ1) is 8.02. The van der Waals surface area contributed by atoms with Crippen LogP contribution in [0.1, 0.15) is 32.0 Å². The van der Waals surface area contributed by atoms with E-state index in [1.165, 1.54) is 18.9 Å². The van der Waals surface area contributed by atoms with Crippen molar-refractivity contribution < 1.29 is 9.53 Å². The van der Waals surface area contributed by atoms with E-state index in [0.717, 1.165) is 15.5 Å². The Kier molecular flexibility index (Phi) is 5.91. The summed E-state index contributed by atoms with van der Waals surface area (Å²) in [5.41, 5.74) is 0. The maximum absolute atomic E-state index is 11.0. The topological polar surface area (TPSA) is 52.1 Å². The molecule has 1 aromatic heterocycles. The number of carbonyl (C=O) groups is 1. The molecule has 0 radical (unpaired) electrons. The van der Waals surface area contributed by atoms with E-state index in [1.807, 2.05) is 19.9 Å². The highest BCUT2D eigenvalue weighted by atomic mass is 79.9. The summed E-state index contributed by atoms with van der Waals surface area (Å²) >= 11 is 4.89. The van der Waals surface area contributed by atoms with Crippen LogP contribution in [0.2, 0.25) is 0 Å². The van der Waals surface area contributed by atoms with Gasteiger partial charge in [0.2, 0.25) is 0 Å². The third-order valence-corrected chi connectivity index (χ3v) is 3.31. The monoisotopic (exact) mass is 318 g/mol. The van der Waals surface area contributed by atoms with Crippen LogP contribution in [0.5, 0.6) is 0 Å². The number of rotatable bonds is 5. The fourth-order valence-electron chi connectivity index (χ4n) is 1.09. The number of nitrogens with zero attached hydrogens (tertiary/aromatic N) is 2. The zero-order chi connectivity index (χ0) is 12.8. The van der Waals surface area contributed by atoms with Crippen molar-refractivity contribution >= 4 is 33.7 Å². The van der Waals surface area contributed by atoms with Gasteiger partial charge in [-0.15, -0.1) is 11.8 Å². The van der Waals surface area contributed by atoms with Crippen molar-refractivity contribution in [1.29, 1.82) is 0 Å². The molecule has 0 atom stereocenters. The summed E-state index contributed by atoms with van der Waals surface area (Å²) in [5.74, 6) is 1.55. The molecule has 0 aliphatic carbocycles. The molecule has 0 N–H and O–H groups in total. The maximum Gasteiger partial charge on any atom is 0.306 e. The minimum absolute atomic E-state index is 0.199. The summed E-state index contributed by atoms with van der Waals surface area (Å²) in [7, 11) is 1.39. The molecule has 0 aromatic carbocycles. The molecular formula is C11H15BrN2O2S. The molecule has 6 heteroatoms. The predicted molar refractivity (Wildman–Crippen MR) is 71.2 cm³/mol. The first kappa shape index (κ1) is 14.4. The molecule has 1 aromatic rings. The lowest BCUT2D eigenvalue weighted by atomic mass is 10.2. The fraction of sp³-hybridized carbons (Fsp3) is 0.545. The maximum atomic E-state index is 11.0. The highest BCUT2D eigenvalue weighted by molar-refractivity contribution is 9.10. The van der Waals surface area contributed by atoms with Gasteiger partial charge in [0.25, 0.3) is 0 Å². The molecule has 0 saturated carbocycles. The second-order valence-electron chi connectivity index (χ2n) is 3.72. The van der Waals surface area contributed by atoms with Crippen molar-refractivity contribution in [2.75, 3.05) is 12.9 Å². The van der Waals surface area contributed by atoms with Crippen molar-refractivity contribution in [3.8, 4) is 0 Å². The Balaban J connectivity index is 2.62. The average molecular weight is 319 g/mol. The van der Waals surface area contributed by atoms with Crippen molar-refractivity contribution in [3.63, 3.8) is 0 Å². The Morgan fingerprint density at radius 2 is 2.24 bits per heavy atom. The van der Waals surface area contributed by atoms with Gasteiger partial charge in [0.05, 0.1) is 13.5 Å². The number of thioether (sulfide) groups is 1. The van der Waals surface area contributed by atoms with E-state index in [9.17, 15) is 4.79 Å². The number of carbonyl (C=O) groups excluding carboxylic acids is 1. The second kappa shape index (κ2) is 6.96. The second-order valence-corrected chi connectivity index (χ2v) is 5.64. The van der Waals surface area contributed by atoms with Crippen LogP contribution in [0, 0.1) is 0 Å². The largest absolute Gasteiger partial charge is 0.469 e. The van der Waals surface area contributed by atoms with Gasteiger partial charge in [-0.05, 0) is 15.9 Å². The van der Waals surface area contributed by atoms with E-state index < -0.39 is 0 Å². The zero-order valence-corrected chi connectivity index (χ0v) is 12.5. The van der Waals surface area contributed by atoms with Gasteiger partial charge in [-0.25, -0.2) is 9.97 Å². The standard InChI is InChI=1S/C11H15BrN2O2S/c1-7(2)11-13-8(12)6-9(14-11)17-5-4-10(15)16-3/h6-7H,4-5H2,1-3H3. The van der Waals surface area contributed by atoms with Crippen LogP contribution < -0.4 is 0 Å². The molecule has 1 rings (SSSR count). The molecule has 4 nitrogen and oxygen atoms in total. The molecule has 0 amide bonds. The molecule has 0 spiro atoms. The Labute approximate surface area is 114 Å². The SMILES string of the molecule is COC(=O)CCSc1cc(Br)nc(C(C)C)n1. The van der Waals surface area contributed by atoms with Gasteiger partial charge in [0.15, 0.2) is 0 Å². The van der Waals surface area contributed by atoms with Gasteiger partial charge in [-0.3, -0.25) is 4.79 Å². The van der Waals surface area contributed by atoms with Gasteiger partial charge in [-0.2, -0.15) is 0 Å². The van der Waals surface area contributed by atoms with Crippen molar-refractivity contribution in [3.05, 3.63) is 16.5 Å². The highest BCUT2D eigenvalue weighted by Gasteiger charge is 2.08. The van der Waals surface area contributed by atoms with Gasteiger partial charge in [0, 0.05) is 17.7 Å². The third kappa shape index (κ3) is 5.04.